The third kappa shape index (κ3) is 5.03. The molecule has 1 aliphatic heterocycles. The predicted molar refractivity (Wildman–Crippen MR) is 133 cm³/mol. The first-order valence-electron chi connectivity index (χ1n) is 10.2. The fourth-order valence-electron chi connectivity index (χ4n) is 3.62. The third-order valence-corrected chi connectivity index (χ3v) is 6.42. The predicted octanol–water partition coefficient (Wildman–Crippen LogP) is 5.82. The third-order valence-electron chi connectivity index (χ3n) is 5.37. The molecule has 1 saturated heterocycles. The summed E-state index contributed by atoms with van der Waals surface area (Å²) in [6, 6.07) is 19.1. The molecule has 3 aromatic rings. The minimum atomic E-state index is -0.176. The van der Waals surface area contributed by atoms with Gasteiger partial charge in [0.2, 0.25) is 0 Å². The van der Waals surface area contributed by atoms with Crippen LogP contribution in [0.5, 0.6) is 0 Å². The molecule has 3 aromatic carbocycles. The SMILES string of the molecule is Cc1c(Cl)cccc1Nc1ccccc1C(=O)Nc1ccc(N2CCNCC2)c(Br)c1. The second-order valence-corrected chi connectivity index (χ2v) is 8.70. The van der Waals surface area contributed by atoms with Crippen LogP contribution in [0, 0.1) is 6.92 Å². The summed E-state index contributed by atoms with van der Waals surface area (Å²) in [4.78, 5) is 15.4. The van der Waals surface area contributed by atoms with Crippen molar-refractivity contribution in [2.75, 3.05) is 41.7 Å². The van der Waals surface area contributed by atoms with Gasteiger partial charge in [0, 0.05) is 47.0 Å². The van der Waals surface area contributed by atoms with Gasteiger partial charge in [0.1, 0.15) is 0 Å². The second kappa shape index (κ2) is 9.73. The lowest BCUT2D eigenvalue weighted by Gasteiger charge is -2.30. The van der Waals surface area contributed by atoms with Crippen LogP contribution in [0.2, 0.25) is 5.02 Å². The molecule has 1 aliphatic rings. The van der Waals surface area contributed by atoms with E-state index in [2.05, 4.69) is 36.8 Å². The lowest BCUT2D eigenvalue weighted by Crippen LogP contribution is -2.43. The quantitative estimate of drug-likeness (QED) is 0.414. The van der Waals surface area contributed by atoms with Crippen LogP contribution in [-0.2, 0) is 0 Å². The van der Waals surface area contributed by atoms with Gasteiger partial charge in [-0.1, -0.05) is 29.8 Å². The first-order chi connectivity index (χ1) is 15.0. The van der Waals surface area contributed by atoms with Crippen LogP contribution >= 0.6 is 27.5 Å². The molecule has 1 amide bonds. The summed E-state index contributed by atoms with van der Waals surface area (Å²) < 4.78 is 0.966. The van der Waals surface area contributed by atoms with Crippen molar-refractivity contribution in [2.24, 2.45) is 0 Å². The average Bonchev–Trinajstić information content (AvgIpc) is 2.78. The lowest BCUT2D eigenvalue weighted by molar-refractivity contribution is 0.102. The Balaban J connectivity index is 1.53. The number of nitrogens with zero attached hydrogens (tertiary/aromatic N) is 1. The van der Waals surface area contributed by atoms with E-state index in [9.17, 15) is 4.79 Å². The smallest absolute Gasteiger partial charge is 0.257 e. The van der Waals surface area contributed by atoms with Crippen molar-refractivity contribution >= 4 is 56.2 Å². The number of anilines is 4. The highest BCUT2D eigenvalue weighted by atomic mass is 79.9. The Bertz CT molecular complexity index is 1100. The Kier molecular flexibility index (Phi) is 6.80. The fourth-order valence-corrected chi connectivity index (χ4v) is 4.43. The van der Waals surface area contributed by atoms with Crippen LogP contribution in [0.1, 0.15) is 15.9 Å². The number of carbonyl (C=O) groups is 1. The van der Waals surface area contributed by atoms with Crippen molar-refractivity contribution < 1.29 is 4.79 Å². The van der Waals surface area contributed by atoms with Gasteiger partial charge in [-0.2, -0.15) is 0 Å². The summed E-state index contributed by atoms with van der Waals surface area (Å²) in [6.45, 7) is 5.82. The van der Waals surface area contributed by atoms with E-state index < -0.39 is 0 Å². The second-order valence-electron chi connectivity index (χ2n) is 7.44. The molecular formula is C24H24BrClN4O. The van der Waals surface area contributed by atoms with Crippen LogP contribution in [0.4, 0.5) is 22.7 Å². The Morgan fingerprint density at radius 1 is 1.03 bits per heavy atom. The van der Waals surface area contributed by atoms with Crippen molar-refractivity contribution in [3.05, 3.63) is 81.3 Å². The van der Waals surface area contributed by atoms with E-state index in [1.165, 1.54) is 0 Å². The average molecular weight is 500 g/mol. The van der Waals surface area contributed by atoms with Crippen molar-refractivity contribution in [1.82, 2.24) is 5.32 Å². The van der Waals surface area contributed by atoms with Crippen LogP contribution in [0.25, 0.3) is 0 Å². The minimum Gasteiger partial charge on any atom is -0.368 e. The van der Waals surface area contributed by atoms with Crippen molar-refractivity contribution in [1.29, 1.82) is 0 Å². The summed E-state index contributed by atoms with van der Waals surface area (Å²) in [6.07, 6.45) is 0. The van der Waals surface area contributed by atoms with Crippen LogP contribution in [-0.4, -0.2) is 32.1 Å². The molecule has 3 N–H and O–H groups in total. The molecule has 0 unspecified atom stereocenters. The molecule has 0 aromatic heterocycles. The van der Waals surface area contributed by atoms with Crippen molar-refractivity contribution in [3.8, 4) is 0 Å². The molecule has 0 radical (unpaired) electrons. The monoisotopic (exact) mass is 498 g/mol. The number of rotatable bonds is 5. The highest BCUT2D eigenvalue weighted by molar-refractivity contribution is 9.10. The number of hydrogen-bond acceptors (Lipinski definition) is 4. The molecule has 0 bridgehead atoms. The zero-order valence-electron chi connectivity index (χ0n) is 17.2. The van der Waals surface area contributed by atoms with Gasteiger partial charge < -0.3 is 20.9 Å². The highest BCUT2D eigenvalue weighted by Gasteiger charge is 2.16. The van der Waals surface area contributed by atoms with Crippen molar-refractivity contribution in [3.63, 3.8) is 0 Å². The number of carbonyl (C=O) groups excluding carboxylic acids is 1. The molecule has 0 spiro atoms. The summed E-state index contributed by atoms with van der Waals surface area (Å²) in [5.74, 6) is -0.176. The van der Waals surface area contributed by atoms with Crippen molar-refractivity contribution in [2.45, 2.75) is 6.92 Å². The maximum atomic E-state index is 13.1. The Labute approximate surface area is 195 Å². The number of hydrogen-bond donors (Lipinski definition) is 3. The Morgan fingerprint density at radius 3 is 2.55 bits per heavy atom. The summed E-state index contributed by atoms with van der Waals surface area (Å²) in [5, 5.41) is 10.4. The zero-order chi connectivity index (χ0) is 21.8. The molecule has 160 valence electrons. The maximum Gasteiger partial charge on any atom is 0.257 e. The van der Waals surface area contributed by atoms with E-state index in [1.807, 2.05) is 67.6 Å². The molecule has 0 atom stereocenters. The van der Waals surface area contributed by atoms with E-state index in [4.69, 9.17) is 11.6 Å². The Morgan fingerprint density at radius 2 is 1.77 bits per heavy atom. The summed E-state index contributed by atoms with van der Waals surface area (Å²) in [5.41, 5.74) is 4.97. The molecular weight excluding hydrogens is 476 g/mol. The van der Waals surface area contributed by atoms with Gasteiger partial charge in [0.05, 0.1) is 16.9 Å². The van der Waals surface area contributed by atoms with E-state index in [0.717, 1.165) is 59.0 Å². The highest BCUT2D eigenvalue weighted by Crippen LogP contribution is 2.31. The largest absolute Gasteiger partial charge is 0.368 e. The number of halogens is 2. The number of nitrogens with one attached hydrogen (secondary N) is 3. The van der Waals surface area contributed by atoms with E-state index in [-0.39, 0.29) is 5.91 Å². The molecule has 7 heteroatoms. The van der Waals surface area contributed by atoms with Gasteiger partial charge in [-0.25, -0.2) is 0 Å². The Hall–Kier alpha value is -2.54. The normalized spacial score (nSPS) is 13.7. The van der Waals surface area contributed by atoms with Crippen LogP contribution < -0.4 is 20.9 Å². The fraction of sp³-hybridized carbons (Fsp3) is 0.208. The van der Waals surface area contributed by atoms with Crippen LogP contribution in [0.3, 0.4) is 0 Å². The molecule has 0 aliphatic carbocycles. The number of benzene rings is 3. The van der Waals surface area contributed by atoms with E-state index in [0.29, 0.717) is 10.6 Å². The summed E-state index contributed by atoms with van der Waals surface area (Å²) >= 11 is 9.91. The van der Waals surface area contributed by atoms with Gasteiger partial charge in [-0.15, -0.1) is 0 Å². The van der Waals surface area contributed by atoms with Gasteiger partial charge in [-0.05, 0) is 70.9 Å². The van der Waals surface area contributed by atoms with Gasteiger partial charge in [0.25, 0.3) is 5.91 Å². The lowest BCUT2D eigenvalue weighted by atomic mass is 10.1. The van der Waals surface area contributed by atoms with Crippen LogP contribution in [0.15, 0.2) is 65.1 Å². The molecule has 1 heterocycles. The summed E-state index contributed by atoms with van der Waals surface area (Å²) in [7, 11) is 0. The number of para-hydroxylation sites is 1. The number of amides is 1. The maximum absolute atomic E-state index is 13.1. The van der Waals surface area contributed by atoms with Gasteiger partial charge >= 0.3 is 0 Å². The van der Waals surface area contributed by atoms with Gasteiger partial charge in [-0.3, -0.25) is 4.79 Å². The topological polar surface area (TPSA) is 56.4 Å². The van der Waals surface area contributed by atoms with Gasteiger partial charge in [0.15, 0.2) is 0 Å². The first kappa shape index (κ1) is 21.7. The molecule has 4 rings (SSSR count). The van der Waals surface area contributed by atoms with E-state index >= 15 is 0 Å². The standard InChI is InChI=1S/C24H24BrClN4O/c1-16-20(26)6-4-8-21(16)29-22-7-3-2-5-18(22)24(31)28-17-9-10-23(19(25)15-17)30-13-11-27-12-14-30/h2-10,15,27,29H,11-14H2,1H3,(H,28,31). The minimum absolute atomic E-state index is 0.176. The number of piperazine rings is 1. The molecule has 1 fully saturated rings. The molecule has 31 heavy (non-hydrogen) atoms. The van der Waals surface area contributed by atoms with E-state index in [1.54, 1.807) is 0 Å². The first-order valence-corrected chi connectivity index (χ1v) is 11.4. The molecule has 5 nitrogen and oxygen atoms in total. The zero-order valence-corrected chi connectivity index (χ0v) is 19.6. The molecule has 0 saturated carbocycles.